The number of benzene rings is 1. The molecule has 2 fully saturated rings. The largest absolute Gasteiger partial charge is 0.497 e. The summed E-state index contributed by atoms with van der Waals surface area (Å²) in [5, 5.41) is 4.33. The Morgan fingerprint density at radius 2 is 1.96 bits per heavy atom. The van der Waals surface area contributed by atoms with Gasteiger partial charge in [0, 0.05) is 18.3 Å². The number of carbonyl (C=O) groups excluding carboxylic acids is 1. The van der Waals surface area contributed by atoms with Crippen molar-refractivity contribution in [1.82, 2.24) is 14.7 Å². The smallest absolute Gasteiger partial charge is 0.257 e. The van der Waals surface area contributed by atoms with E-state index in [1.54, 1.807) is 13.3 Å². The van der Waals surface area contributed by atoms with Crippen LogP contribution in [0.3, 0.4) is 0 Å². The lowest BCUT2D eigenvalue weighted by Gasteiger charge is -2.35. The van der Waals surface area contributed by atoms with E-state index < -0.39 is 0 Å². The summed E-state index contributed by atoms with van der Waals surface area (Å²) in [4.78, 5) is 15.2. The van der Waals surface area contributed by atoms with E-state index in [9.17, 15) is 4.79 Å². The quantitative estimate of drug-likeness (QED) is 0.781. The molecule has 6 heteroatoms. The van der Waals surface area contributed by atoms with Crippen molar-refractivity contribution in [2.45, 2.75) is 51.2 Å². The Morgan fingerprint density at radius 1 is 1.22 bits per heavy atom. The van der Waals surface area contributed by atoms with Gasteiger partial charge >= 0.3 is 0 Å². The van der Waals surface area contributed by atoms with Crippen LogP contribution < -0.4 is 9.47 Å². The van der Waals surface area contributed by atoms with Gasteiger partial charge in [0.25, 0.3) is 5.91 Å². The SMILES string of the molecule is COc1ccc(OC[C@@H]2C3CCC(C3)N2C(=O)c2cnn(C(C)C)c2)cc1. The highest BCUT2D eigenvalue weighted by atomic mass is 16.5. The van der Waals surface area contributed by atoms with Gasteiger partial charge in [-0.25, -0.2) is 0 Å². The molecule has 1 saturated carbocycles. The first-order chi connectivity index (χ1) is 13.1. The Balaban J connectivity index is 1.47. The predicted octanol–water partition coefficient (Wildman–Crippen LogP) is 3.54. The van der Waals surface area contributed by atoms with Crippen molar-refractivity contribution in [2.75, 3.05) is 13.7 Å². The maximum absolute atomic E-state index is 13.2. The number of ether oxygens (including phenoxy) is 2. The molecule has 3 atom stereocenters. The molecule has 144 valence electrons. The lowest BCUT2D eigenvalue weighted by Crippen LogP contribution is -2.47. The Bertz CT molecular complexity index is 799. The number of aromatic nitrogens is 2. The molecule has 0 N–H and O–H groups in total. The zero-order valence-corrected chi connectivity index (χ0v) is 16.2. The molecule has 1 aromatic carbocycles. The van der Waals surface area contributed by atoms with Crippen molar-refractivity contribution in [2.24, 2.45) is 5.92 Å². The molecule has 1 amide bonds. The second-order valence-corrected chi connectivity index (χ2v) is 7.80. The minimum Gasteiger partial charge on any atom is -0.497 e. The van der Waals surface area contributed by atoms with Crippen molar-refractivity contribution in [3.8, 4) is 11.5 Å². The van der Waals surface area contributed by atoms with Gasteiger partial charge in [-0.2, -0.15) is 5.10 Å². The number of fused-ring (bicyclic) bond motifs is 2. The third-order valence-corrected chi connectivity index (χ3v) is 5.83. The van der Waals surface area contributed by atoms with Gasteiger partial charge in [-0.3, -0.25) is 9.48 Å². The maximum atomic E-state index is 13.2. The number of hydrogen-bond donors (Lipinski definition) is 0. The summed E-state index contributed by atoms with van der Waals surface area (Å²) in [5.74, 6) is 2.22. The molecule has 2 aliphatic rings. The summed E-state index contributed by atoms with van der Waals surface area (Å²) in [6.07, 6.45) is 6.90. The molecule has 0 radical (unpaired) electrons. The topological polar surface area (TPSA) is 56.6 Å². The molecular weight excluding hydrogens is 342 g/mol. The lowest BCUT2D eigenvalue weighted by atomic mass is 9.99. The monoisotopic (exact) mass is 369 g/mol. The molecule has 2 unspecified atom stereocenters. The van der Waals surface area contributed by atoms with Crippen LogP contribution in [0.4, 0.5) is 0 Å². The molecule has 1 aliphatic heterocycles. The molecule has 2 aromatic rings. The van der Waals surface area contributed by atoms with Gasteiger partial charge in [-0.1, -0.05) is 0 Å². The van der Waals surface area contributed by atoms with Gasteiger partial charge in [0.2, 0.25) is 0 Å². The first-order valence-electron chi connectivity index (χ1n) is 9.70. The Morgan fingerprint density at radius 3 is 2.63 bits per heavy atom. The molecule has 0 spiro atoms. The summed E-state index contributed by atoms with van der Waals surface area (Å²) in [6.45, 7) is 4.65. The number of likely N-dealkylation sites (tertiary alicyclic amines) is 1. The van der Waals surface area contributed by atoms with Gasteiger partial charge in [0.1, 0.15) is 18.1 Å². The minimum absolute atomic E-state index is 0.0810. The normalized spacial score (nSPS) is 23.9. The van der Waals surface area contributed by atoms with Crippen LogP contribution >= 0.6 is 0 Å². The molecule has 2 heterocycles. The molecule has 6 nitrogen and oxygen atoms in total. The van der Waals surface area contributed by atoms with Gasteiger partial charge in [0.15, 0.2) is 0 Å². The van der Waals surface area contributed by atoms with Crippen LogP contribution in [0.2, 0.25) is 0 Å². The van der Waals surface area contributed by atoms with E-state index >= 15 is 0 Å². The fourth-order valence-corrected chi connectivity index (χ4v) is 4.36. The van der Waals surface area contributed by atoms with Crippen molar-refractivity contribution in [3.05, 3.63) is 42.2 Å². The number of piperidine rings is 1. The highest BCUT2D eigenvalue weighted by Gasteiger charge is 2.48. The lowest BCUT2D eigenvalue weighted by molar-refractivity contribution is 0.0505. The maximum Gasteiger partial charge on any atom is 0.257 e. The average Bonchev–Trinajstić information content (AvgIpc) is 3.41. The molecule has 1 aromatic heterocycles. The van der Waals surface area contributed by atoms with Gasteiger partial charge < -0.3 is 14.4 Å². The first kappa shape index (κ1) is 17.9. The van der Waals surface area contributed by atoms with Crippen LogP contribution in [0.15, 0.2) is 36.7 Å². The van der Waals surface area contributed by atoms with Gasteiger partial charge in [-0.15, -0.1) is 0 Å². The molecule has 2 bridgehead atoms. The number of hydrogen-bond acceptors (Lipinski definition) is 4. The van der Waals surface area contributed by atoms with Crippen LogP contribution in [-0.2, 0) is 0 Å². The van der Waals surface area contributed by atoms with Crippen LogP contribution in [0.25, 0.3) is 0 Å². The Labute approximate surface area is 160 Å². The van der Waals surface area contributed by atoms with E-state index in [0.29, 0.717) is 24.1 Å². The highest BCUT2D eigenvalue weighted by Crippen LogP contribution is 2.43. The van der Waals surface area contributed by atoms with Crippen LogP contribution in [0.5, 0.6) is 11.5 Å². The van der Waals surface area contributed by atoms with Crippen LogP contribution in [-0.4, -0.2) is 46.4 Å². The number of rotatable bonds is 6. The number of carbonyl (C=O) groups is 1. The first-order valence-corrected chi connectivity index (χ1v) is 9.70. The van der Waals surface area contributed by atoms with Crippen LogP contribution in [0, 0.1) is 5.92 Å². The summed E-state index contributed by atoms with van der Waals surface area (Å²) in [7, 11) is 1.65. The van der Waals surface area contributed by atoms with E-state index in [-0.39, 0.29) is 18.0 Å². The minimum atomic E-state index is 0.0810. The Kier molecular flexibility index (Phi) is 4.81. The van der Waals surface area contributed by atoms with E-state index in [1.165, 1.54) is 6.42 Å². The summed E-state index contributed by atoms with van der Waals surface area (Å²) >= 11 is 0. The van der Waals surface area contributed by atoms with E-state index in [4.69, 9.17) is 9.47 Å². The van der Waals surface area contributed by atoms with Crippen molar-refractivity contribution in [3.63, 3.8) is 0 Å². The average molecular weight is 369 g/mol. The molecule has 1 saturated heterocycles. The fraction of sp³-hybridized carbons (Fsp3) is 0.524. The Hall–Kier alpha value is -2.50. The molecular formula is C21H27N3O3. The fourth-order valence-electron chi connectivity index (χ4n) is 4.36. The van der Waals surface area contributed by atoms with Crippen molar-refractivity contribution in [1.29, 1.82) is 0 Å². The number of amides is 1. The highest BCUT2D eigenvalue weighted by molar-refractivity contribution is 5.94. The van der Waals surface area contributed by atoms with Gasteiger partial charge in [-0.05, 0) is 63.3 Å². The standard InChI is InChI=1S/C21H27N3O3/c1-14(2)23-12-16(11-22-23)21(25)24-17-5-4-15(10-17)20(24)13-27-19-8-6-18(26-3)7-9-19/h6-9,11-12,14-15,17,20H,4-5,10,13H2,1-3H3/t15?,17?,20-/m1/s1. The zero-order chi connectivity index (χ0) is 19.0. The molecule has 1 aliphatic carbocycles. The predicted molar refractivity (Wildman–Crippen MR) is 102 cm³/mol. The number of nitrogens with zero attached hydrogens (tertiary/aromatic N) is 3. The number of methoxy groups -OCH3 is 1. The molecule has 4 rings (SSSR count). The second kappa shape index (κ2) is 7.25. The van der Waals surface area contributed by atoms with Crippen molar-refractivity contribution >= 4 is 5.91 Å². The summed E-state index contributed by atoms with van der Waals surface area (Å²) in [5.41, 5.74) is 0.672. The third kappa shape index (κ3) is 3.40. The molecule has 27 heavy (non-hydrogen) atoms. The van der Waals surface area contributed by atoms with Crippen molar-refractivity contribution < 1.29 is 14.3 Å². The van der Waals surface area contributed by atoms with Gasteiger partial charge in [0.05, 0.1) is 24.9 Å². The van der Waals surface area contributed by atoms with E-state index in [2.05, 4.69) is 23.8 Å². The van der Waals surface area contributed by atoms with E-state index in [0.717, 1.165) is 24.3 Å². The summed E-state index contributed by atoms with van der Waals surface area (Å²) < 4.78 is 13.1. The third-order valence-electron chi connectivity index (χ3n) is 5.83. The van der Waals surface area contributed by atoms with Crippen LogP contribution in [0.1, 0.15) is 49.5 Å². The zero-order valence-electron chi connectivity index (χ0n) is 16.2. The summed E-state index contributed by atoms with van der Waals surface area (Å²) in [6, 6.07) is 8.29. The van der Waals surface area contributed by atoms with E-state index in [1.807, 2.05) is 35.1 Å². The second-order valence-electron chi connectivity index (χ2n) is 7.80.